The van der Waals surface area contributed by atoms with Crippen LogP contribution in [0.5, 0.6) is 0 Å². The van der Waals surface area contributed by atoms with Crippen LogP contribution in [-0.2, 0) is 4.79 Å². The fraction of sp³-hybridized carbons (Fsp3) is 0.938. The lowest BCUT2D eigenvalue weighted by Gasteiger charge is -2.28. The summed E-state index contributed by atoms with van der Waals surface area (Å²) in [4.78, 5) is 14.7. The molecule has 0 aromatic carbocycles. The van der Waals surface area contributed by atoms with E-state index >= 15 is 0 Å². The van der Waals surface area contributed by atoms with Crippen LogP contribution in [0.25, 0.3) is 0 Å². The summed E-state index contributed by atoms with van der Waals surface area (Å²) in [5.41, 5.74) is 0. The molecule has 19 heavy (non-hydrogen) atoms. The van der Waals surface area contributed by atoms with Gasteiger partial charge in [-0.2, -0.15) is 0 Å². The summed E-state index contributed by atoms with van der Waals surface area (Å²) >= 11 is 0. The minimum absolute atomic E-state index is 0.0817. The predicted molar refractivity (Wildman–Crippen MR) is 78.7 cm³/mol. The molecule has 4 atom stereocenters. The second-order valence-corrected chi connectivity index (χ2v) is 6.47. The summed E-state index contributed by atoms with van der Waals surface area (Å²) in [6, 6.07) is 0.0817. The number of nitrogens with one attached hydrogen (secondary N) is 1. The normalized spacial score (nSPS) is 35.3. The minimum Gasteiger partial charge on any atom is -0.326 e. The topological polar surface area (TPSA) is 32.3 Å². The Morgan fingerprint density at radius 2 is 1.95 bits per heavy atom. The summed E-state index contributed by atoms with van der Waals surface area (Å²) in [5.74, 6) is 1.88. The molecule has 0 radical (unpaired) electrons. The molecular weight excluding hydrogens is 236 g/mol. The first kappa shape index (κ1) is 14.8. The fourth-order valence-electron chi connectivity index (χ4n) is 3.72. The van der Waals surface area contributed by atoms with Crippen molar-refractivity contribution in [2.24, 2.45) is 11.8 Å². The Kier molecular flexibility index (Phi) is 5.26. The molecule has 1 aliphatic carbocycles. The number of amides is 1. The monoisotopic (exact) mass is 266 g/mol. The first-order valence-electron chi connectivity index (χ1n) is 8.23. The lowest BCUT2D eigenvalue weighted by Crippen LogP contribution is -2.40. The van der Waals surface area contributed by atoms with Gasteiger partial charge in [-0.25, -0.2) is 0 Å². The summed E-state index contributed by atoms with van der Waals surface area (Å²) < 4.78 is 0. The highest BCUT2D eigenvalue weighted by Gasteiger charge is 2.39. The second kappa shape index (κ2) is 6.74. The molecule has 2 aliphatic rings. The van der Waals surface area contributed by atoms with Crippen LogP contribution in [0.3, 0.4) is 0 Å². The highest BCUT2D eigenvalue weighted by molar-refractivity contribution is 5.84. The Labute approximate surface area is 118 Å². The highest BCUT2D eigenvalue weighted by atomic mass is 16.2. The molecule has 4 unspecified atom stereocenters. The van der Waals surface area contributed by atoms with Gasteiger partial charge in [-0.1, -0.05) is 46.5 Å². The maximum Gasteiger partial charge on any atom is 0.241 e. The van der Waals surface area contributed by atoms with Gasteiger partial charge < -0.3 is 4.90 Å². The molecule has 3 heteroatoms. The van der Waals surface area contributed by atoms with Gasteiger partial charge in [0.2, 0.25) is 5.91 Å². The summed E-state index contributed by atoms with van der Waals surface area (Å²) in [6.45, 7) is 7.70. The summed E-state index contributed by atoms with van der Waals surface area (Å²) in [6.07, 6.45) is 8.58. The maximum atomic E-state index is 12.5. The molecule has 3 nitrogen and oxygen atoms in total. The molecule has 1 saturated heterocycles. The van der Waals surface area contributed by atoms with Crippen molar-refractivity contribution in [3.8, 4) is 0 Å². The zero-order valence-electron chi connectivity index (χ0n) is 12.8. The number of carbonyl (C=O) groups excluding carboxylic acids is 1. The number of hydrogen-bond donors (Lipinski definition) is 1. The van der Waals surface area contributed by atoms with E-state index in [9.17, 15) is 4.79 Å². The van der Waals surface area contributed by atoms with Crippen molar-refractivity contribution >= 4 is 5.91 Å². The van der Waals surface area contributed by atoms with Crippen molar-refractivity contribution in [3.05, 3.63) is 0 Å². The third-order valence-electron chi connectivity index (χ3n) is 4.96. The van der Waals surface area contributed by atoms with E-state index in [2.05, 4.69) is 31.0 Å². The predicted octanol–water partition coefficient (Wildman–Crippen LogP) is 3.15. The van der Waals surface area contributed by atoms with E-state index in [0.717, 1.165) is 44.1 Å². The molecular formula is C16H30N2O. The third kappa shape index (κ3) is 3.31. The van der Waals surface area contributed by atoms with Crippen molar-refractivity contribution in [2.75, 3.05) is 6.54 Å². The number of carbonyl (C=O) groups is 1. The first-order valence-corrected chi connectivity index (χ1v) is 8.23. The van der Waals surface area contributed by atoms with E-state index in [1.807, 2.05) is 0 Å². The summed E-state index contributed by atoms with van der Waals surface area (Å²) in [5, 5.41) is 3.56. The first-order chi connectivity index (χ1) is 9.17. The Morgan fingerprint density at radius 1 is 1.21 bits per heavy atom. The average Bonchev–Trinajstić information content (AvgIpc) is 2.90. The van der Waals surface area contributed by atoms with Crippen LogP contribution < -0.4 is 5.32 Å². The smallest absolute Gasteiger partial charge is 0.241 e. The molecule has 1 saturated carbocycles. The van der Waals surface area contributed by atoms with Gasteiger partial charge in [0.15, 0.2) is 0 Å². The van der Waals surface area contributed by atoms with E-state index in [1.165, 1.54) is 19.3 Å². The van der Waals surface area contributed by atoms with Gasteiger partial charge in [0, 0.05) is 6.54 Å². The van der Waals surface area contributed by atoms with Gasteiger partial charge in [-0.05, 0) is 31.1 Å². The van der Waals surface area contributed by atoms with Crippen LogP contribution in [-0.4, -0.2) is 29.6 Å². The molecule has 110 valence electrons. The van der Waals surface area contributed by atoms with Gasteiger partial charge in [-0.3, -0.25) is 10.1 Å². The van der Waals surface area contributed by atoms with Crippen molar-refractivity contribution in [1.82, 2.24) is 10.2 Å². The van der Waals surface area contributed by atoms with Crippen molar-refractivity contribution in [3.63, 3.8) is 0 Å². The Hall–Kier alpha value is -0.570. The lowest BCUT2D eigenvalue weighted by molar-refractivity contribution is -0.131. The third-order valence-corrected chi connectivity index (χ3v) is 4.96. The Bertz CT molecular complexity index is 305. The van der Waals surface area contributed by atoms with Gasteiger partial charge in [0.25, 0.3) is 0 Å². The molecule has 0 aromatic rings. The maximum absolute atomic E-state index is 12.5. The van der Waals surface area contributed by atoms with Crippen LogP contribution in [0.1, 0.15) is 65.7 Å². The van der Waals surface area contributed by atoms with E-state index in [-0.39, 0.29) is 6.04 Å². The van der Waals surface area contributed by atoms with E-state index in [4.69, 9.17) is 0 Å². The molecule has 0 bridgehead atoms. The average molecular weight is 266 g/mol. The molecule has 0 aromatic heterocycles. The van der Waals surface area contributed by atoms with Gasteiger partial charge in [0.05, 0.1) is 12.2 Å². The van der Waals surface area contributed by atoms with E-state index < -0.39 is 0 Å². The molecule has 0 spiro atoms. The van der Waals surface area contributed by atoms with Crippen molar-refractivity contribution in [2.45, 2.75) is 77.9 Å². The number of hydrogen-bond acceptors (Lipinski definition) is 2. The number of rotatable bonds is 6. The van der Waals surface area contributed by atoms with E-state index in [1.54, 1.807) is 0 Å². The molecule has 2 fully saturated rings. The second-order valence-electron chi connectivity index (χ2n) is 6.47. The van der Waals surface area contributed by atoms with Crippen LogP contribution >= 0.6 is 0 Å². The Morgan fingerprint density at radius 3 is 2.53 bits per heavy atom. The van der Waals surface area contributed by atoms with Crippen molar-refractivity contribution in [1.29, 1.82) is 0 Å². The lowest BCUT2D eigenvalue weighted by atomic mass is 9.97. The van der Waals surface area contributed by atoms with Gasteiger partial charge in [0.1, 0.15) is 0 Å². The van der Waals surface area contributed by atoms with Gasteiger partial charge >= 0.3 is 0 Å². The molecule has 1 heterocycles. The van der Waals surface area contributed by atoms with Crippen LogP contribution in [0.15, 0.2) is 0 Å². The van der Waals surface area contributed by atoms with Crippen LogP contribution in [0.4, 0.5) is 0 Å². The zero-order valence-corrected chi connectivity index (χ0v) is 12.8. The quantitative estimate of drug-likeness (QED) is 0.801. The highest BCUT2D eigenvalue weighted by Crippen LogP contribution is 2.33. The summed E-state index contributed by atoms with van der Waals surface area (Å²) in [7, 11) is 0. The SMILES string of the molecule is CCCC1NC(CCC)N(CC2CCCC2C)C1=O. The molecule has 1 aliphatic heterocycles. The molecule has 1 amide bonds. The minimum atomic E-state index is 0.0817. The van der Waals surface area contributed by atoms with Crippen molar-refractivity contribution < 1.29 is 4.79 Å². The van der Waals surface area contributed by atoms with Gasteiger partial charge in [-0.15, -0.1) is 0 Å². The van der Waals surface area contributed by atoms with E-state index in [0.29, 0.717) is 12.1 Å². The molecule has 1 N–H and O–H groups in total. The zero-order chi connectivity index (χ0) is 13.8. The Balaban J connectivity index is 1.99. The largest absolute Gasteiger partial charge is 0.326 e. The van der Waals surface area contributed by atoms with Crippen LogP contribution in [0.2, 0.25) is 0 Å². The van der Waals surface area contributed by atoms with Crippen LogP contribution in [0, 0.1) is 11.8 Å². The molecule has 2 rings (SSSR count). The fourth-order valence-corrected chi connectivity index (χ4v) is 3.72. The number of nitrogens with zero attached hydrogens (tertiary/aromatic N) is 1. The standard InChI is InChI=1S/C16H30N2O/c1-4-7-14-16(19)18(15(17-14)8-5-2)11-13-10-6-9-12(13)3/h12-15,17H,4-11H2,1-3H3.